The van der Waals surface area contributed by atoms with Gasteiger partial charge in [0.15, 0.2) is 0 Å². The Morgan fingerprint density at radius 1 is 1.00 bits per heavy atom. The molecule has 0 unspecified atom stereocenters. The third-order valence-corrected chi connectivity index (χ3v) is 3.23. The van der Waals surface area contributed by atoms with E-state index in [4.69, 9.17) is 4.74 Å². The molecule has 0 heterocycles. The quantitative estimate of drug-likeness (QED) is 0.756. The number of hydrogen-bond donors (Lipinski definition) is 2. The minimum Gasteiger partial charge on any atom is -0.490 e. The Hall–Kier alpha value is -0.280. The number of hydrogen-bond acceptors (Lipinski definition) is 3. The SMILES string of the molecule is CC(C)Oc1ccc(C(C)C)c(S)c1S. The molecule has 1 rings (SSSR count). The lowest BCUT2D eigenvalue weighted by atomic mass is 10.0. The van der Waals surface area contributed by atoms with Gasteiger partial charge in [-0.2, -0.15) is 0 Å². The zero-order valence-corrected chi connectivity index (χ0v) is 11.4. The fourth-order valence-electron chi connectivity index (χ4n) is 1.39. The second-order valence-corrected chi connectivity index (χ2v) is 5.07. The van der Waals surface area contributed by atoms with Gasteiger partial charge < -0.3 is 4.74 Å². The van der Waals surface area contributed by atoms with E-state index in [-0.39, 0.29) is 6.10 Å². The molecule has 0 saturated heterocycles. The Morgan fingerprint density at radius 2 is 1.60 bits per heavy atom. The van der Waals surface area contributed by atoms with Crippen LogP contribution >= 0.6 is 25.3 Å². The maximum atomic E-state index is 5.64. The lowest BCUT2D eigenvalue weighted by molar-refractivity contribution is 0.235. The lowest BCUT2D eigenvalue weighted by Crippen LogP contribution is -2.06. The normalized spacial score (nSPS) is 11.2. The van der Waals surface area contributed by atoms with Crippen molar-refractivity contribution in [2.45, 2.75) is 49.5 Å². The molecule has 0 atom stereocenters. The highest BCUT2D eigenvalue weighted by Gasteiger charge is 2.11. The molecule has 15 heavy (non-hydrogen) atoms. The van der Waals surface area contributed by atoms with Gasteiger partial charge in [0.05, 0.1) is 11.0 Å². The molecule has 0 N–H and O–H groups in total. The molecule has 0 aromatic heterocycles. The molecule has 0 aliphatic rings. The third-order valence-electron chi connectivity index (χ3n) is 2.13. The minimum atomic E-state index is 0.161. The molecule has 0 fully saturated rings. The summed E-state index contributed by atoms with van der Waals surface area (Å²) in [6.45, 7) is 8.29. The second-order valence-electron chi connectivity index (χ2n) is 4.17. The van der Waals surface area contributed by atoms with Gasteiger partial charge in [0.2, 0.25) is 0 Å². The molecular weight excluding hydrogens is 224 g/mol. The summed E-state index contributed by atoms with van der Waals surface area (Å²) in [6, 6.07) is 4.03. The summed E-state index contributed by atoms with van der Waals surface area (Å²) >= 11 is 8.94. The first-order valence-electron chi connectivity index (χ1n) is 5.15. The number of ether oxygens (including phenoxy) is 1. The van der Waals surface area contributed by atoms with E-state index in [0.29, 0.717) is 5.92 Å². The van der Waals surface area contributed by atoms with E-state index in [1.165, 1.54) is 5.56 Å². The van der Waals surface area contributed by atoms with Crippen LogP contribution in [0.1, 0.15) is 39.2 Å². The number of thiol groups is 2. The van der Waals surface area contributed by atoms with Gasteiger partial charge in [-0.15, -0.1) is 25.3 Å². The molecule has 0 spiro atoms. The highest BCUT2D eigenvalue weighted by molar-refractivity contribution is 7.83. The van der Waals surface area contributed by atoms with Crippen LogP contribution in [0.25, 0.3) is 0 Å². The standard InChI is InChI=1S/C12H18OS2/c1-7(2)9-5-6-10(13-8(3)4)12(15)11(9)14/h5-8,14-15H,1-4H3. The zero-order chi connectivity index (χ0) is 11.6. The zero-order valence-electron chi connectivity index (χ0n) is 9.61. The van der Waals surface area contributed by atoms with E-state index >= 15 is 0 Å². The molecule has 1 aromatic carbocycles. The molecule has 0 amide bonds. The summed E-state index contributed by atoms with van der Waals surface area (Å²) in [5, 5.41) is 0. The topological polar surface area (TPSA) is 9.23 Å². The smallest absolute Gasteiger partial charge is 0.134 e. The monoisotopic (exact) mass is 242 g/mol. The Bertz CT molecular complexity index is 346. The van der Waals surface area contributed by atoms with Gasteiger partial charge in [-0.3, -0.25) is 0 Å². The van der Waals surface area contributed by atoms with Crippen LogP contribution in [0.2, 0.25) is 0 Å². The van der Waals surface area contributed by atoms with Crippen molar-refractivity contribution in [2.24, 2.45) is 0 Å². The molecule has 0 bridgehead atoms. The van der Waals surface area contributed by atoms with E-state index in [1.54, 1.807) is 0 Å². The van der Waals surface area contributed by atoms with Crippen molar-refractivity contribution in [1.82, 2.24) is 0 Å². The van der Waals surface area contributed by atoms with Crippen molar-refractivity contribution < 1.29 is 4.74 Å². The maximum absolute atomic E-state index is 5.64. The van der Waals surface area contributed by atoms with Crippen LogP contribution in [0, 0.1) is 0 Å². The van der Waals surface area contributed by atoms with E-state index in [9.17, 15) is 0 Å². The Labute approximate surface area is 103 Å². The van der Waals surface area contributed by atoms with Crippen LogP contribution in [0.5, 0.6) is 5.75 Å². The highest BCUT2D eigenvalue weighted by atomic mass is 32.1. The largest absolute Gasteiger partial charge is 0.490 e. The van der Waals surface area contributed by atoms with Crippen molar-refractivity contribution in [3.05, 3.63) is 17.7 Å². The van der Waals surface area contributed by atoms with E-state index in [0.717, 1.165) is 15.5 Å². The molecule has 0 aliphatic carbocycles. The Morgan fingerprint density at radius 3 is 2.07 bits per heavy atom. The van der Waals surface area contributed by atoms with Crippen LogP contribution in [-0.4, -0.2) is 6.10 Å². The average Bonchev–Trinajstić information content (AvgIpc) is 2.12. The van der Waals surface area contributed by atoms with Crippen molar-refractivity contribution in [2.75, 3.05) is 0 Å². The number of benzene rings is 1. The summed E-state index contributed by atoms with van der Waals surface area (Å²) in [4.78, 5) is 1.75. The lowest BCUT2D eigenvalue weighted by Gasteiger charge is -2.16. The molecule has 0 aliphatic heterocycles. The van der Waals surface area contributed by atoms with Crippen LogP contribution in [0.3, 0.4) is 0 Å². The summed E-state index contributed by atoms with van der Waals surface area (Å²) in [5.41, 5.74) is 1.21. The van der Waals surface area contributed by atoms with Crippen LogP contribution in [0.15, 0.2) is 21.9 Å². The van der Waals surface area contributed by atoms with Crippen LogP contribution in [-0.2, 0) is 0 Å². The van der Waals surface area contributed by atoms with E-state index in [1.807, 2.05) is 19.9 Å². The fourth-order valence-corrected chi connectivity index (χ4v) is 2.09. The van der Waals surface area contributed by atoms with Gasteiger partial charge in [0, 0.05) is 4.90 Å². The molecule has 1 nitrogen and oxygen atoms in total. The van der Waals surface area contributed by atoms with Gasteiger partial charge in [-0.05, 0) is 31.4 Å². The van der Waals surface area contributed by atoms with Gasteiger partial charge in [-0.25, -0.2) is 0 Å². The van der Waals surface area contributed by atoms with Crippen LogP contribution in [0.4, 0.5) is 0 Å². The molecule has 0 radical (unpaired) electrons. The maximum Gasteiger partial charge on any atom is 0.134 e. The summed E-state index contributed by atoms with van der Waals surface area (Å²) < 4.78 is 5.64. The second kappa shape index (κ2) is 5.17. The predicted octanol–water partition coefficient (Wildman–Crippen LogP) is 4.17. The molecule has 0 saturated carbocycles. The third kappa shape index (κ3) is 3.08. The van der Waals surface area contributed by atoms with Crippen LogP contribution < -0.4 is 4.74 Å². The Balaban J connectivity index is 3.10. The highest BCUT2D eigenvalue weighted by Crippen LogP contribution is 2.35. The van der Waals surface area contributed by atoms with Crippen molar-refractivity contribution in [1.29, 1.82) is 0 Å². The Kier molecular flexibility index (Phi) is 4.41. The predicted molar refractivity (Wildman–Crippen MR) is 70.8 cm³/mol. The minimum absolute atomic E-state index is 0.161. The number of rotatable bonds is 3. The average molecular weight is 242 g/mol. The first kappa shape index (κ1) is 12.8. The summed E-state index contributed by atoms with van der Waals surface area (Å²) in [5.74, 6) is 1.26. The first-order chi connectivity index (χ1) is 6.93. The van der Waals surface area contributed by atoms with Gasteiger partial charge in [0.1, 0.15) is 5.75 Å². The molecular formula is C12H18OS2. The molecule has 84 valence electrons. The molecule has 3 heteroatoms. The first-order valence-corrected chi connectivity index (χ1v) is 6.04. The summed E-state index contributed by atoms with van der Waals surface area (Å²) in [7, 11) is 0. The van der Waals surface area contributed by atoms with E-state index in [2.05, 4.69) is 45.2 Å². The van der Waals surface area contributed by atoms with Crippen molar-refractivity contribution in [3.63, 3.8) is 0 Å². The summed E-state index contributed by atoms with van der Waals surface area (Å²) in [6.07, 6.45) is 0.161. The van der Waals surface area contributed by atoms with Crippen molar-refractivity contribution >= 4 is 25.3 Å². The van der Waals surface area contributed by atoms with Gasteiger partial charge in [-0.1, -0.05) is 19.9 Å². The van der Waals surface area contributed by atoms with Gasteiger partial charge >= 0.3 is 0 Å². The van der Waals surface area contributed by atoms with Crippen molar-refractivity contribution in [3.8, 4) is 5.75 Å². The van der Waals surface area contributed by atoms with E-state index < -0.39 is 0 Å². The fraction of sp³-hybridized carbons (Fsp3) is 0.500. The molecule has 1 aromatic rings. The van der Waals surface area contributed by atoms with Gasteiger partial charge in [0.25, 0.3) is 0 Å².